The largest absolute Gasteiger partial charge is 0.322 e. The van der Waals surface area contributed by atoms with Gasteiger partial charge in [-0.15, -0.1) is 0 Å². The average molecular weight is 386 g/mol. The Hall–Kier alpha value is -1.07. The molecule has 2 rings (SSSR count). The van der Waals surface area contributed by atoms with Gasteiger partial charge in [0.15, 0.2) is 0 Å². The van der Waals surface area contributed by atoms with E-state index in [4.69, 9.17) is 11.6 Å². The second-order valence-electron chi connectivity index (χ2n) is 4.38. The van der Waals surface area contributed by atoms with Crippen LogP contribution in [0.5, 0.6) is 0 Å². The van der Waals surface area contributed by atoms with Crippen molar-refractivity contribution in [3.63, 3.8) is 0 Å². The first kappa shape index (κ1) is 14.3. The number of carbonyl (C=O) groups is 1. The molecule has 0 aliphatic carbocycles. The lowest BCUT2D eigenvalue weighted by Crippen LogP contribution is -2.13. The summed E-state index contributed by atoms with van der Waals surface area (Å²) in [6.07, 6.45) is 0. The summed E-state index contributed by atoms with van der Waals surface area (Å²) in [4.78, 5) is 12.1. The molecule has 0 aliphatic heterocycles. The first-order valence-corrected chi connectivity index (χ1v) is 7.26. The van der Waals surface area contributed by atoms with E-state index >= 15 is 0 Å². The smallest absolute Gasteiger partial charge is 0.255 e. The predicted octanol–water partition coefficient (Wildman–Crippen LogP) is 4.81. The Balaban J connectivity index is 2.27. The molecule has 4 heteroatoms. The van der Waals surface area contributed by atoms with Crippen LogP contribution in [-0.2, 0) is 0 Å². The van der Waals surface area contributed by atoms with E-state index in [-0.39, 0.29) is 5.91 Å². The summed E-state index contributed by atoms with van der Waals surface area (Å²) in [5, 5.41) is 3.48. The number of aryl methyl sites for hydroxylation is 2. The molecule has 2 aromatic carbocycles. The number of anilines is 1. The molecule has 1 amide bonds. The number of halogens is 2. The molecule has 2 aromatic rings. The summed E-state index contributed by atoms with van der Waals surface area (Å²) < 4.78 is 1.19. The monoisotopic (exact) mass is 385 g/mol. The highest BCUT2D eigenvalue weighted by atomic mass is 127. The van der Waals surface area contributed by atoms with Gasteiger partial charge < -0.3 is 5.32 Å². The zero-order chi connectivity index (χ0) is 14.0. The molecule has 0 spiro atoms. The molecule has 19 heavy (non-hydrogen) atoms. The maximum absolute atomic E-state index is 12.1. The summed E-state index contributed by atoms with van der Waals surface area (Å²) >= 11 is 8.17. The summed E-state index contributed by atoms with van der Waals surface area (Å²) in [5.41, 5.74) is 3.59. The molecule has 1 N–H and O–H groups in total. The fraction of sp³-hybridized carbons (Fsp3) is 0.133. The molecule has 0 aliphatic rings. The van der Waals surface area contributed by atoms with Gasteiger partial charge in [-0.3, -0.25) is 4.79 Å². The van der Waals surface area contributed by atoms with Crippen molar-refractivity contribution in [1.29, 1.82) is 0 Å². The molecule has 0 saturated carbocycles. The molecule has 0 saturated heterocycles. The average Bonchev–Trinajstić information content (AvgIpc) is 2.36. The van der Waals surface area contributed by atoms with Crippen LogP contribution in [0.15, 0.2) is 36.4 Å². The standard InChI is InChI=1S/C15H13ClINO/c1-9-7-14(10(2)6-13(9)17)18-15(19)11-4-3-5-12(16)8-11/h3-8H,1-2H3,(H,18,19). The SMILES string of the molecule is Cc1cc(NC(=O)c2cccc(Cl)c2)c(C)cc1I. The fourth-order valence-corrected chi connectivity index (χ4v) is 2.55. The van der Waals surface area contributed by atoms with Crippen LogP contribution in [0.2, 0.25) is 5.02 Å². The minimum absolute atomic E-state index is 0.147. The first-order chi connectivity index (χ1) is 8.97. The van der Waals surface area contributed by atoms with Crippen molar-refractivity contribution in [2.24, 2.45) is 0 Å². The van der Waals surface area contributed by atoms with Crippen LogP contribution in [-0.4, -0.2) is 5.91 Å². The van der Waals surface area contributed by atoms with E-state index in [0.717, 1.165) is 16.8 Å². The van der Waals surface area contributed by atoms with Crippen molar-refractivity contribution in [2.75, 3.05) is 5.32 Å². The quantitative estimate of drug-likeness (QED) is 0.738. The van der Waals surface area contributed by atoms with Crippen LogP contribution in [0.25, 0.3) is 0 Å². The van der Waals surface area contributed by atoms with Crippen molar-refractivity contribution in [2.45, 2.75) is 13.8 Å². The fourth-order valence-electron chi connectivity index (χ4n) is 1.74. The highest BCUT2D eigenvalue weighted by Crippen LogP contribution is 2.22. The minimum Gasteiger partial charge on any atom is -0.322 e. The van der Waals surface area contributed by atoms with Crippen molar-refractivity contribution in [1.82, 2.24) is 0 Å². The van der Waals surface area contributed by atoms with Gasteiger partial charge in [0, 0.05) is 19.8 Å². The van der Waals surface area contributed by atoms with Gasteiger partial charge in [-0.05, 0) is 77.9 Å². The van der Waals surface area contributed by atoms with Gasteiger partial charge in [-0.25, -0.2) is 0 Å². The van der Waals surface area contributed by atoms with Gasteiger partial charge in [0.1, 0.15) is 0 Å². The second kappa shape index (κ2) is 5.92. The third kappa shape index (κ3) is 3.48. The van der Waals surface area contributed by atoms with Crippen molar-refractivity contribution >= 4 is 45.8 Å². The van der Waals surface area contributed by atoms with Gasteiger partial charge in [0.25, 0.3) is 5.91 Å². The zero-order valence-electron chi connectivity index (χ0n) is 10.6. The summed E-state index contributed by atoms with van der Waals surface area (Å²) in [6, 6.07) is 11.0. The maximum atomic E-state index is 12.1. The van der Waals surface area contributed by atoms with E-state index < -0.39 is 0 Å². The summed E-state index contributed by atoms with van der Waals surface area (Å²) in [5.74, 6) is -0.147. The van der Waals surface area contributed by atoms with E-state index in [1.165, 1.54) is 3.57 Å². The molecule has 0 radical (unpaired) electrons. The van der Waals surface area contributed by atoms with Crippen LogP contribution < -0.4 is 5.32 Å². The van der Waals surface area contributed by atoms with E-state index in [0.29, 0.717) is 10.6 Å². The van der Waals surface area contributed by atoms with Gasteiger partial charge in [-0.2, -0.15) is 0 Å². The third-order valence-corrected chi connectivity index (χ3v) is 4.24. The molecule has 0 unspecified atom stereocenters. The van der Waals surface area contributed by atoms with Crippen LogP contribution in [0.4, 0.5) is 5.69 Å². The van der Waals surface area contributed by atoms with E-state index in [9.17, 15) is 4.79 Å². The van der Waals surface area contributed by atoms with Gasteiger partial charge in [0.2, 0.25) is 0 Å². The van der Waals surface area contributed by atoms with E-state index in [1.54, 1.807) is 24.3 Å². The van der Waals surface area contributed by atoms with Gasteiger partial charge >= 0.3 is 0 Å². The molecular formula is C15H13ClINO. The number of nitrogens with one attached hydrogen (secondary N) is 1. The molecular weight excluding hydrogens is 373 g/mol. The summed E-state index contributed by atoms with van der Waals surface area (Å²) in [6.45, 7) is 4.01. The van der Waals surface area contributed by atoms with Crippen LogP contribution in [0.1, 0.15) is 21.5 Å². The Bertz CT molecular complexity index is 640. The molecule has 0 aromatic heterocycles. The lowest BCUT2D eigenvalue weighted by Gasteiger charge is -2.11. The molecule has 2 nitrogen and oxygen atoms in total. The minimum atomic E-state index is -0.147. The highest BCUT2D eigenvalue weighted by molar-refractivity contribution is 14.1. The predicted molar refractivity (Wildman–Crippen MR) is 88.0 cm³/mol. The van der Waals surface area contributed by atoms with Gasteiger partial charge in [0.05, 0.1) is 0 Å². The van der Waals surface area contributed by atoms with Crippen LogP contribution in [0, 0.1) is 17.4 Å². The number of hydrogen-bond donors (Lipinski definition) is 1. The van der Waals surface area contributed by atoms with Crippen molar-refractivity contribution < 1.29 is 4.79 Å². The molecule has 0 fully saturated rings. The molecule has 0 heterocycles. The van der Waals surface area contributed by atoms with Crippen LogP contribution >= 0.6 is 34.2 Å². The number of carbonyl (C=O) groups excluding carboxylic acids is 1. The van der Waals surface area contributed by atoms with Crippen molar-refractivity contribution in [3.8, 4) is 0 Å². The van der Waals surface area contributed by atoms with Crippen LogP contribution in [0.3, 0.4) is 0 Å². The van der Waals surface area contributed by atoms with E-state index in [1.807, 2.05) is 19.9 Å². The number of hydrogen-bond acceptors (Lipinski definition) is 1. The Morgan fingerprint density at radius 3 is 2.58 bits per heavy atom. The van der Waals surface area contributed by atoms with Crippen molar-refractivity contribution in [3.05, 3.63) is 61.7 Å². The summed E-state index contributed by atoms with van der Waals surface area (Å²) in [7, 11) is 0. The lowest BCUT2D eigenvalue weighted by atomic mass is 10.1. The van der Waals surface area contributed by atoms with E-state index in [2.05, 4.69) is 34.0 Å². The maximum Gasteiger partial charge on any atom is 0.255 e. The molecule has 98 valence electrons. The van der Waals surface area contributed by atoms with Gasteiger partial charge in [-0.1, -0.05) is 17.7 Å². The third-order valence-electron chi connectivity index (χ3n) is 2.84. The number of amides is 1. The highest BCUT2D eigenvalue weighted by Gasteiger charge is 2.09. The zero-order valence-corrected chi connectivity index (χ0v) is 13.5. The molecule has 0 atom stereocenters. The second-order valence-corrected chi connectivity index (χ2v) is 5.98. The normalized spacial score (nSPS) is 10.3. The Morgan fingerprint density at radius 2 is 1.89 bits per heavy atom. The topological polar surface area (TPSA) is 29.1 Å². The Morgan fingerprint density at radius 1 is 1.16 bits per heavy atom. The number of benzene rings is 2. The lowest BCUT2D eigenvalue weighted by molar-refractivity contribution is 0.102. The Kier molecular flexibility index (Phi) is 4.47. The first-order valence-electron chi connectivity index (χ1n) is 5.81. The molecule has 0 bridgehead atoms. The number of rotatable bonds is 2. The Labute approximate surface area is 131 Å².